The van der Waals surface area contributed by atoms with Crippen molar-refractivity contribution in [3.63, 3.8) is 0 Å². The first kappa shape index (κ1) is 18.7. The maximum atomic E-state index is 13.3. The van der Waals surface area contributed by atoms with Gasteiger partial charge in [-0.15, -0.1) is 0 Å². The molecule has 2 amide bonds. The number of carbonyl (C=O) groups is 2. The van der Waals surface area contributed by atoms with Crippen LogP contribution in [-0.4, -0.2) is 35.8 Å². The van der Waals surface area contributed by atoms with E-state index in [2.05, 4.69) is 24.3 Å². The quantitative estimate of drug-likeness (QED) is 0.814. The summed E-state index contributed by atoms with van der Waals surface area (Å²) in [5.74, 6) is 0.763. The van der Waals surface area contributed by atoms with E-state index in [1.807, 2.05) is 42.2 Å². The fraction of sp³-hybridized carbons (Fsp3) is 0.417. The fourth-order valence-electron chi connectivity index (χ4n) is 4.58. The Morgan fingerprint density at radius 3 is 2.36 bits per heavy atom. The van der Waals surface area contributed by atoms with Crippen LogP contribution in [0.1, 0.15) is 37.3 Å². The molecule has 2 aliphatic heterocycles. The van der Waals surface area contributed by atoms with Crippen molar-refractivity contribution in [1.82, 2.24) is 4.90 Å². The summed E-state index contributed by atoms with van der Waals surface area (Å²) in [5, 5.41) is 0. The van der Waals surface area contributed by atoms with E-state index in [9.17, 15) is 9.59 Å². The number of fused-ring (bicyclic) bond motifs is 1. The molecule has 4 nitrogen and oxygen atoms in total. The van der Waals surface area contributed by atoms with Crippen LogP contribution < -0.4 is 4.90 Å². The maximum Gasteiger partial charge on any atom is 0.246 e. The van der Waals surface area contributed by atoms with Crippen LogP contribution in [0.15, 0.2) is 54.6 Å². The number of rotatable bonds is 4. The molecule has 4 heteroatoms. The molecule has 0 aromatic heterocycles. The summed E-state index contributed by atoms with van der Waals surface area (Å²) in [5.41, 5.74) is 3.38. The van der Waals surface area contributed by atoms with Crippen molar-refractivity contribution in [3.05, 3.63) is 65.7 Å². The zero-order chi connectivity index (χ0) is 19.5. The molecule has 1 fully saturated rings. The Labute approximate surface area is 167 Å². The molecule has 0 bridgehead atoms. The number of piperidine rings is 1. The van der Waals surface area contributed by atoms with Gasteiger partial charge in [-0.2, -0.15) is 0 Å². The van der Waals surface area contributed by atoms with Gasteiger partial charge in [0.1, 0.15) is 6.04 Å². The molecule has 0 radical (unpaired) electrons. The van der Waals surface area contributed by atoms with Crippen molar-refractivity contribution in [3.8, 4) is 0 Å². The molecule has 28 heavy (non-hydrogen) atoms. The van der Waals surface area contributed by atoms with E-state index in [0.29, 0.717) is 18.8 Å². The number of amides is 2. The topological polar surface area (TPSA) is 40.6 Å². The van der Waals surface area contributed by atoms with Gasteiger partial charge in [-0.1, -0.05) is 55.5 Å². The van der Waals surface area contributed by atoms with Crippen molar-refractivity contribution >= 4 is 17.5 Å². The van der Waals surface area contributed by atoms with Gasteiger partial charge in [0.2, 0.25) is 11.8 Å². The normalized spacial score (nSPS) is 19.5. The first-order valence-electron chi connectivity index (χ1n) is 10.4. The molecule has 2 aromatic carbocycles. The largest absolute Gasteiger partial charge is 0.341 e. The molecule has 1 atom stereocenters. The van der Waals surface area contributed by atoms with Crippen LogP contribution in [0.2, 0.25) is 0 Å². The molecule has 2 aliphatic rings. The molecule has 0 N–H and O–H groups in total. The van der Waals surface area contributed by atoms with E-state index in [4.69, 9.17) is 0 Å². The monoisotopic (exact) mass is 376 g/mol. The summed E-state index contributed by atoms with van der Waals surface area (Å²) in [7, 11) is 0. The Balaban J connectivity index is 1.41. The van der Waals surface area contributed by atoms with Gasteiger partial charge in [0.15, 0.2) is 0 Å². The lowest BCUT2D eigenvalue weighted by Gasteiger charge is -2.35. The van der Waals surface area contributed by atoms with Crippen molar-refractivity contribution in [2.24, 2.45) is 5.92 Å². The van der Waals surface area contributed by atoms with Gasteiger partial charge in [-0.25, -0.2) is 0 Å². The van der Waals surface area contributed by atoms with Gasteiger partial charge in [-0.05, 0) is 42.4 Å². The van der Waals surface area contributed by atoms with Gasteiger partial charge in [0, 0.05) is 31.6 Å². The molecular formula is C24H28N2O2. The molecule has 2 aromatic rings. The van der Waals surface area contributed by atoms with Crippen molar-refractivity contribution in [1.29, 1.82) is 0 Å². The van der Waals surface area contributed by atoms with Crippen LogP contribution in [0.4, 0.5) is 5.69 Å². The van der Waals surface area contributed by atoms with Crippen LogP contribution in [-0.2, 0) is 22.4 Å². The molecular weight excluding hydrogens is 348 g/mol. The first-order chi connectivity index (χ1) is 13.7. The molecule has 4 rings (SSSR count). The summed E-state index contributed by atoms with van der Waals surface area (Å²) in [6.45, 7) is 3.44. The number of nitrogens with zero attached hydrogens (tertiary/aromatic N) is 2. The zero-order valence-corrected chi connectivity index (χ0v) is 16.5. The molecule has 146 valence electrons. The molecule has 0 saturated carbocycles. The molecule has 0 unspecified atom stereocenters. The number of carbonyl (C=O) groups excluding carboxylic acids is 2. The minimum atomic E-state index is -0.379. The van der Waals surface area contributed by atoms with E-state index in [0.717, 1.165) is 43.6 Å². The summed E-state index contributed by atoms with van der Waals surface area (Å²) in [6, 6.07) is 18.1. The van der Waals surface area contributed by atoms with Gasteiger partial charge < -0.3 is 4.90 Å². The Hall–Kier alpha value is -2.62. The summed E-state index contributed by atoms with van der Waals surface area (Å²) < 4.78 is 0. The van der Waals surface area contributed by atoms with Gasteiger partial charge in [0.05, 0.1) is 0 Å². The van der Waals surface area contributed by atoms with Gasteiger partial charge in [-0.3, -0.25) is 14.5 Å². The lowest BCUT2D eigenvalue weighted by atomic mass is 9.90. The zero-order valence-electron chi connectivity index (χ0n) is 16.5. The van der Waals surface area contributed by atoms with Crippen LogP contribution in [0.25, 0.3) is 0 Å². The smallest absolute Gasteiger partial charge is 0.246 e. The minimum absolute atomic E-state index is 0.0299. The van der Waals surface area contributed by atoms with Crippen molar-refractivity contribution < 1.29 is 9.59 Å². The summed E-state index contributed by atoms with van der Waals surface area (Å²) in [4.78, 5) is 29.6. The predicted molar refractivity (Wildman–Crippen MR) is 111 cm³/mol. The van der Waals surface area contributed by atoms with E-state index in [1.54, 1.807) is 4.90 Å². The third kappa shape index (κ3) is 3.68. The third-order valence-electron chi connectivity index (χ3n) is 6.13. The second-order valence-electron chi connectivity index (χ2n) is 7.92. The number of para-hydroxylation sites is 1. The molecule has 0 aliphatic carbocycles. The van der Waals surface area contributed by atoms with E-state index < -0.39 is 0 Å². The molecule has 2 heterocycles. The summed E-state index contributed by atoms with van der Waals surface area (Å²) >= 11 is 0. The van der Waals surface area contributed by atoms with Crippen molar-refractivity contribution in [2.45, 2.75) is 45.1 Å². The van der Waals surface area contributed by atoms with Gasteiger partial charge in [0.25, 0.3) is 0 Å². The highest BCUT2D eigenvalue weighted by molar-refractivity contribution is 6.03. The second kappa shape index (κ2) is 8.17. The van der Waals surface area contributed by atoms with Crippen LogP contribution in [0.5, 0.6) is 0 Å². The average molecular weight is 377 g/mol. The number of hydrogen-bond donors (Lipinski definition) is 0. The predicted octanol–water partition coefficient (Wildman–Crippen LogP) is 3.84. The Morgan fingerprint density at radius 1 is 0.964 bits per heavy atom. The van der Waals surface area contributed by atoms with E-state index >= 15 is 0 Å². The Bertz CT molecular complexity index is 841. The number of benzene rings is 2. The first-order valence-corrected chi connectivity index (χ1v) is 10.4. The van der Waals surface area contributed by atoms with Crippen molar-refractivity contribution in [2.75, 3.05) is 18.0 Å². The molecule has 0 spiro atoms. The highest BCUT2D eigenvalue weighted by Gasteiger charge is 2.40. The van der Waals surface area contributed by atoms with Crippen LogP contribution in [0.3, 0.4) is 0 Å². The Kier molecular flexibility index (Phi) is 5.47. The standard InChI is InChI=1S/C24H28N2O2/c1-2-23(27)26-21-11-7-6-10-20(21)17-22(26)24(28)25-14-12-19(13-15-25)16-18-8-4-3-5-9-18/h3-11,19,22H,2,12-17H2,1H3/t22-/m1/s1. The van der Waals surface area contributed by atoms with Crippen LogP contribution in [0, 0.1) is 5.92 Å². The third-order valence-corrected chi connectivity index (χ3v) is 6.13. The number of likely N-dealkylation sites (tertiary alicyclic amines) is 1. The highest BCUT2D eigenvalue weighted by Crippen LogP contribution is 2.34. The second-order valence-corrected chi connectivity index (χ2v) is 7.92. The Morgan fingerprint density at radius 2 is 1.64 bits per heavy atom. The highest BCUT2D eigenvalue weighted by atomic mass is 16.2. The lowest BCUT2D eigenvalue weighted by Crippen LogP contribution is -2.51. The SMILES string of the molecule is CCC(=O)N1c2ccccc2C[C@@H]1C(=O)N1CCC(Cc2ccccc2)CC1. The van der Waals surface area contributed by atoms with Gasteiger partial charge >= 0.3 is 0 Å². The maximum absolute atomic E-state index is 13.3. The minimum Gasteiger partial charge on any atom is -0.341 e. The van der Waals surface area contributed by atoms with E-state index in [1.165, 1.54) is 5.56 Å². The number of anilines is 1. The molecule has 1 saturated heterocycles. The van der Waals surface area contributed by atoms with Crippen LogP contribution >= 0.6 is 0 Å². The van der Waals surface area contributed by atoms with E-state index in [-0.39, 0.29) is 17.9 Å². The fourth-order valence-corrected chi connectivity index (χ4v) is 4.58. The lowest BCUT2D eigenvalue weighted by molar-refractivity contribution is -0.135. The number of hydrogen-bond acceptors (Lipinski definition) is 2. The average Bonchev–Trinajstić information content (AvgIpc) is 3.13. The summed E-state index contributed by atoms with van der Waals surface area (Å²) in [6.07, 6.45) is 4.18.